The highest BCUT2D eigenvalue weighted by atomic mass is 16.7. The van der Waals surface area contributed by atoms with Crippen LogP contribution in [0.3, 0.4) is 0 Å². The summed E-state index contributed by atoms with van der Waals surface area (Å²) in [5.74, 6) is 0.0191. The number of carbonyl (C=O) groups is 1. The van der Waals surface area contributed by atoms with E-state index in [0.29, 0.717) is 12.6 Å². The van der Waals surface area contributed by atoms with Gasteiger partial charge in [-0.15, -0.1) is 0 Å². The predicted octanol–water partition coefficient (Wildman–Crippen LogP) is 1.17. The summed E-state index contributed by atoms with van der Waals surface area (Å²) >= 11 is 0. The summed E-state index contributed by atoms with van der Waals surface area (Å²) in [6.07, 6.45) is 0. The van der Waals surface area contributed by atoms with Crippen LogP contribution in [0, 0.1) is 0 Å². The zero-order chi connectivity index (χ0) is 19.1. The van der Waals surface area contributed by atoms with Gasteiger partial charge in [-0.05, 0) is 59.4 Å². The first-order valence-corrected chi connectivity index (χ1v) is 9.22. The van der Waals surface area contributed by atoms with Crippen molar-refractivity contribution in [2.75, 3.05) is 39.0 Å². The summed E-state index contributed by atoms with van der Waals surface area (Å²) in [7, 11) is 3.77. The van der Waals surface area contributed by atoms with Gasteiger partial charge in [-0.2, -0.15) is 0 Å². The van der Waals surface area contributed by atoms with Crippen molar-refractivity contribution >= 4 is 24.2 Å². The Kier molecular flexibility index (Phi) is 5.18. The molecule has 0 spiro atoms. The van der Waals surface area contributed by atoms with Crippen molar-refractivity contribution in [2.45, 2.75) is 44.9 Å². The fourth-order valence-corrected chi connectivity index (χ4v) is 3.10. The van der Waals surface area contributed by atoms with Gasteiger partial charge in [-0.3, -0.25) is 9.69 Å². The number of carbonyl (C=O) groups excluding carboxylic acids is 1. The first-order valence-electron chi connectivity index (χ1n) is 9.22. The fraction of sp³-hybridized carbons (Fsp3) is 0.632. The molecule has 2 aliphatic heterocycles. The fourth-order valence-electron chi connectivity index (χ4n) is 3.10. The molecule has 3 rings (SSSR count). The third-order valence-corrected chi connectivity index (χ3v) is 5.76. The van der Waals surface area contributed by atoms with Crippen LogP contribution in [-0.2, 0) is 14.1 Å². The van der Waals surface area contributed by atoms with E-state index in [1.54, 1.807) is 0 Å². The molecule has 0 atom stereocenters. The normalized spacial score (nSPS) is 22.5. The Hall–Kier alpha value is -1.41. The molecule has 0 aromatic heterocycles. The number of hydrogen-bond donors (Lipinski definition) is 1. The van der Waals surface area contributed by atoms with Crippen LogP contribution in [0.2, 0.25) is 0 Å². The maximum absolute atomic E-state index is 12.2. The van der Waals surface area contributed by atoms with Crippen molar-refractivity contribution in [1.29, 1.82) is 0 Å². The van der Waals surface area contributed by atoms with E-state index >= 15 is 0 Å². The Morgan fingerprint density at radius 3 is 2.19 bits per heavy atom. The third kappa shape index (κ3) is 3.96. The monoisotopic (exact) mass is 359 g/mol. The standard InChI is InChI=1S/C19H30BN3O3/c1-18(2)19(3,4)26-20(25-18)14-7-9-15(10-8-14)21-17(24)13-23-11-16(12-23)22(5)6/h7-10,16H,11-13H2,1-6H3,(H,21,24). The summed E-state index contributed by atoms with van der Waals surface area (Å²) in [5, 5.41) is 2.96. The van der Waals surface area contributed by atoms with Crippen molar-refractivity contribution in [1.82, 2.24) is 9.80 Å². The summed E-state index contributed by atoms with van der Waals surface area (Å²) < 4.78 is 12.1. The van der Waals surface area contributed by atoms with Crippen molar-refractivity contribution in [2.24, 2.45) is 0 Å². The van der Waals surface area contributed by atoms with Gasteiger partial charge in [0.2, 0.25) is 5.91 Å². The molecule has 2 aliphatic rings. The molecule has 0 radical (unpaired) electrons. The molecule has 26 heavy (non-hydrogen) atoms. The second-order valence-corrected chi connectivity index (χ2v) is 8.57. The SMILES string of the molecule is CN(C)C1CN(CC(=O)Nc2ccc(B3OC(C)(C)C(C)(C)O3)cc2)C1. The molecular formula is C19H30BN3O3. The van der Waals surface area contributed by atoms with Crippen molar-refractivity contribution in [3.8, 4) is 0 Å². The van der Waals surface area contributed by atoms with E-state index in [1.165, 1.54) is 0 Å². The highest BCUT2D eigenvalue weighted by Gasteiger charge is 2.51. The van der Waals surface area contributed by atoms with Crippen molar-refractivity contribution < 1.29 is 14.1 Å². The van der Waals surface area contributed by atoms with Gasteiger partial charge in [-0.1, -0.05) is 12.1 Å². The van der Waals surface area contributed by atoms with Gasteiger partial charge in [0.25, 0.3) is 0 Å². The van der Waals surface area contributed by atoms with E-state index in [9.17, 15) is 4.79 Å². The van der Waals surface area contributed by atoms with Gasteiger partial charge in [0.05, 0.1) is 17.7 Å². The summed E-state index contributed by atoms with van der Waals surface area (Å²) in [4.78, 5) is 16.5. The van der Waals surface area contributed by atoms with E-state index in [4.69, 9.17) is 9.31 Å². The molecule has 6 nitrogen and oxygen atoms in total. The average Bonchev–Trinajstić information content (AvgIpc) is 2.71. The maximum Gasteiger partial charge on any atom is 0.494 e. The Labute approximate surface area is 157 Å². The van der Waals surface area contributed by atoms with Gasteiger partial charge in [-0.25, -0.2) is 0 Å². The van der Waals surface area contributed by atoms with E-state index < -0.39 is 0 Å². The van der Waals surface area contributed by atoms with Crippen LogP contribution in [0.25, 0.3) is 0 Å². The summed E-state index contributed by atoms with van der Waals surface area (Å²) in [5.41, 5.74) is 1.04. The van der Waals surface area contributed by atoms with Crippen LogP contribution in [0.4, 0.5) is 5.69 Å². The van der Waals surface area contributed by atoms with Gasteiger partial charge >= 0.3 is 7.12 Å². The topological polar surface area (TPSA) is 54.0 Å². The Morgan fingerprint density at radius 1 is 1.15 bits per heavy atom. The number of likely N-dealkylation sites (tertiary alicyclic amines) is 1. The predicted molar refractivity (Wildman–Crippen MR) is 105 cm³/mol. The molecule has 142 valence electrons. The number of nitrogens with zero attached hydrogens (tertiary/aromatic N) is 2. The van der Waals surface area contributed by atoms with E-state index in [-0.39, 0.29) is 24.2 Å². The number of hydrogen-bond acceptors (Lipinski definition) is 5. The second-order valence-electron chi connectivity index (χ2n) is 8.57. The lowest BCUT2D eigenvalue weighted by molar-refractivity contribution is -0.119. The van der Waals surface area contributed by atoms with Crippen molar-refractivity contribution in [3.05, 3.63) is 24.3 Å². The number of likely N-dealkylation sites (N-methyl/N-ethyl adjacent to an activating group) is 1. The van der Waals surface area contributed by atoms with Crippen LogP contribution >= 0.6 is 0 Å². The number of amides is 1. The number of nitrogens with one attached hydrogen (secondary N) is 1. The minimum absolute atomic E-state index is 0.0191. The first kappa shape index (κ1) is 19.4. The van der Waals surface area contributed by atoms with Crippen molar-refractivity contribution in [3.63, 3.8) is 0 Å². The highest BCUT2D eigenvalue weighted by molar-refractivity contribution is 6.62. The second kappa shape index (κ2) is 6.96. The summed E-state index contributed by atoms with van der Waals surface area (Å²) in [6.45, 7) is 10.5. The Balaban J connectivity index is 1.52. The van der Waals surface area contributed by atoms with Crippen LogP contribution < -0.4 is 10.8 Å². The molecule has 0 bridgehead atoms. The molecule has 0 aliphatic carbocycles. The van der Waals surface area contributed by atoms with Gasteiger partial charge in [0.1, 0.15) is 0 Å². The zero-order valence-electron chi connectivity index (χ0n) is 16.7. The number of rotatable bonds is 5. The molecular weight excluding hydrogens is 329 g/mol. The first-order chi connectivity index (χ1) is 12.1. The minimum atomic E-state index is -0.381. The molecule has 1 aromatic rings. The maximum atomic E-state index is 12.2. The van der Waals surface area contributed by atoms with Crippen LogP contribution in [0.1, 0.15) is 27.7 Å². The molecule has 2 saturated heterocycles. The quantitative estimate of drug-likeness (QED) is 0.800. The van der Waals surface area contributed by atoms with E-state index in [1.807, 2.05) is 52.0 Å². The molecule has 0 saturated carbocycles. The largest absolute Gasteiger partial charge is 0.494 e. The average molecular weight is 359 g/mol. The van der Waals surface area contributed by atoms with Gasteiger partial charge in [0, 0.05) is 24.8 Å². The lowest BCUT2D eigenvalue weighted by atomic mass is 9.79. The Bertz CT molecular complexity index is 638. The molecule has 0 unspecified atom stereocenters. The van der Waals surface area contributed by atoms with Crippen LogP contribution in [0.5, 0.6) is 0 Å². The lowest BCUT2D eigenvalue weighted by Gasteiger charge is -2.42. The van der Waals surface area contributed by atoms with Crippen LogP contribution in [0.15, 0.2) is 24.3 Å². The zero-order valence-corrected chi connectivity index (χ0v) is 16.7. The van der Waals surface area contributed by atoms with E-state index in [2.05, 4.69) is 29.2 Å². The van der Waals surface area contributed by atoms with Gasteiger partial charge < -0.3 is 19.5 Å². The number of benzene rings is 1. The Morgan fingerprint density at radius 2 is 1.69 bits per heavy atom. The molecule has 2 heterocycles. The highest BCUT2D eigenvalue weighted by Crippen LogP contribution is 2.36. The third-order valence-electron chi connectivity index (χ3n) is 5.76. The minimum Gasteiger partial charge on any atom is -0.399 e. The van der Waals surface area contributed by atoms with Gasteiger partial charge in [0.15, 0.2) is 0 Å². The molecule has 1 N–H and O–H groups in total. The van der Waals surface area contributed by atoms with Crippen LogP contribution in [-0.4, -0.2) is 73.8 Å². The molecule has 1 aromatic carbocycles. The smallest absolute Gasteiger partial charge is 0.399 e. The summed E-state index contributed by atoms with van der Waals surface area (Å²) in [6, 6.07) is 8.25. The lowest BCUT2D eigenvalue weighted by Crippen LogP contribution is -2.58. The van der Waals surface area contributed by atoms with E-state index in [0.717, 1.165) is 24.2 Å². The molecule has 1 amide bonds. The molecule has 2 fully saturated rings. The number of anilines is 1. The molecule has 7 heteroatoms.